The zero-order valence-corrected chi connectivity index (χ0v) is 19.5. The van der Waals surface area contributed by atoms with Crippen LogP contribution in [0, 0.1) is 0 Å². The standard InChI is InChI=1S/C29H24O5/c1-31-19-6-9-22(27(15-19)33-3)17-5-8-21-18(13-17)14-26-23(21)11-12-25(29(26)30)24-10-7-20(32-2)16-28(24)34-4/h5-16H,1-4H3. The first-order valence-electron chi connectivity index (χ1n) is 10.9. The largest absolute Gasteiger partial charge is 0.497 e. The molecule has 5 nitrogen and oxygen atoms in total. The summed E-state index contributed by atoms with van der Waals surface area (Å²) in [4.78, 5) is 13.5. The minimum Gasteiger partial charge on any atom is -0.497 e. The number of fused-ring (bicyclic) bond motifs is 3. The fourth-order valence-electron chi connectivity index (χ4n) is 4.50. The van der Waals surface area contributed by atoms with E-state index in [0.29, 0.717) is 22.6 Å². The van der Waals surface area contributed by atoms with E-state index in [2.05, 4.69) is 18.2 Å². The van der Waals surface area contributed by atoms with E-state index in [1.807, 2.05) is 48.6 Å². The van der Waals surface area contributed by atoms with Crippen LogP contribution >= 0.6 is 0 Å². The van der Waals surface area contributed by atoms with E-state index in [0.717, 1.165) is 44.9 Å². The summed E-state index contributed by atoms with van der Waals surface area (Å²) in [7, 11) is 6.47. The first-order chi connectivity index (χ1) is 16.6. The number of benzene rings is 3. The van der Waals surface area contributed by atoms with E-state index < -0.39 is 0 Å². The fourth-order valence-corrected chi connectivity index (χ4v) is 4.50. The Kier molecular flexibility index (Phi) is 5.46. The van der Waals surface area contributed by atoms with Gasteiger partial charge in [0.25, 0.3) is 0 Å². The molecule has 0 spiro atoms. The molecule has 0 atom stereocenters. The molecular weight excluding hydrogens is 428 g/mol. The summed E-state index contributed by atoms with van der Waals surface area (Å²) in [5.74, 6) is 2.71. The van der Waals surface area contributed by atoms with Gasteiger partial charge in [-0.3, -0.25) is 4.79 Å². The van der Waals surface area contributed by atoms with Crippen molar-refractivity contribution in [2.24, 2.45) is 0 Å². The second-order valence-corrected chi connectivity index (χ2v) is 7.98. The van der Waals surface area contributed by atoms with Crippen LogP contribution in [0.3, 0.4) is 0 Å². The van der Waals surface area contributed by atoms with E-state index in [1.165, 1.54) is 0 Å². The van der Waals surface area contributed by atoms with E-state index in [-0.39, 0.29) is 5.78 Å². The topological polar surface area (TPSA) is 54.0 Å². The average Bonchev–Trinajstić information content (AvgIpc) is 3.27. The smallest absolute Gasteiger partial charge is 0.194 e. The minimum absolute atomic E-state index is 0.0271. The predicted molar refractivity (Wildman–Crippen MR) is 133 cm³/mol. The van der Waals surface area contributed by atoms with Crippen molar-refractivity contribution in [1.29, 1.82) is 0 Å². The van der Waals surface area contributed by atoms with Gasteiger partial charge in [-0.25, -0.2) is 0 Å². The van der Waals surface area contributed by atoms with Crippen molar-refractivity contribution in [3.05, 3.63) is 89.0 Å². The lowest BCUT2D eigenvalue weighted by molar-refractivity contribution is -0.110. The molecule has 0 heterocycles. The maximum absolute atomic E-state index is 13.5. The highest BCUT2D eigenvalue weighted by Gasteiger charge is 2.30. The van der Waals surface area contributed by atoms with E-state index in [4.69, 9.17) is 18.9 Å². The number of hydrogen-bond donors (Lipinski definition) is 0. The molecule has 34 heavy (non-hydrogen) atoms. The highest BCUT2D eigenvalue weighted by molar-refractivity contribution is 6.39. The van der Waals surface area contributed by atoms with Crippen LogP contribution in [0.4, 0.5) is 0 Å². The number of allylic oxidation sites excluding steroid dienone is 5. The second-order valence-electron chi connectivity index (χ2n) is 7.98. The van der Waals surface area contributed by atoms with Gasteiger partial charge in [-0.1, -0.05) is 18.2 Å². The van der Waals surface area contributed by atoms with Gasteiger partial charge in [0.05, 0.1) is 28.4 Å². The van der Waals surface area contributed by atoms with Crippen molar-refractivity contribution < 1.29 is 23.7 Å². The SMILES string of the molecule is COc1ccc(C2=CC=C3C(=Cc4cc(-c5ccc(OC)cc5OC)ccc43)C2=O)c(OC)c1. The van der Waals surface area contributed by atoms with Crippen molar-refractivity contribution in [3.63, 3.8) is 0 Å². The van der Waals surface area contributed by atoms with Gasteiger partial charge < -0.3 is 18.9 Å². The molecule has 0 bridgehead atoms. The summed E-state index contributed by atoms with van der Waals surface area (Å²) >= 11 is 0. The summed E-state index contributed by atoms with van der Waals surface area (Å²) < 4.78 is 21.7. The number of Topliss-reactive ketones (excluding diaryl/α,β-unsaturated/α-hetero) is 1. The maximum Gasteiger partial charge on any atom is 0.194 e. The maximum atomic E-state index is 13.5. The van der Waals surface area contributed by atoms with Crippen LogP contribution in [-0.4, -0.2) is 34.2 Å². The number of carbonyl (C=O) groups excluding carboxylic acids is 1. The van der Waals surface area contributed by atoms with E-state index in [1.54, 1.807) is 34.5 Å². The molecule has 3 aromatic rings. The molecule has 0 saturated heterocycles. The van der Waals surface area contributed by atoms with Crippen LogP contribution in [0.2, 0.25) is 0 Å². The highest BCUT2D eigenvalue weighted by atomic mass is 16.5. The molecule has 2 aliphatic rings. The van der Waals surface area contributed by atoms with Gasteiger partial charge in [0, 0.05) is 34.4 Å². The molecule has 0 aromatic heterocycles. The third-order valence-corrected chi connectivity index (χ3v) is 6.26. The Balaban J connectivity index is 1.53. The third-order valence-electron chi connectivity index (χ3n) is 6.26. The molecule has 0 fully saturated rings. The Bertz CT molecular complexity index is 1410. The Hall–Kier alpha value is -4.25. The van der Waals surface area contributed by atoms with E-state index >= 15 is 0 Å². The van der Waals surface area contributed by atoms with Crippen LogP contribution in [0.5, 0.6) is 23.0 Å². The lowest BCUT2D eigenvalue weighted by Crippen LogP contribution is -2.09. The van der Waals surface area contributed by atoms with Gasteiger partial charge in [0.15, 0.2) is 5.78 Å². The van der Waals surface area contributed by atoms with Crippen LogP contribution in [-0.2, 0) is 4.79 Å². The van der Waals surface area contributed by atoms with Crippen molar-refractivity contribution in [1.82, 2.24) is 0 Å². The summed E-state index contributed by atoms with van der Waals surface area (Å²) in [5, 5.41) is 0. The monoisotopic (exact) mass is 452 g/mol. The number of ketones is 1. The summed E-state index contributed by atoms with van der Waals surface area (Å²) in [6, 6.07) is 17.4. The molecule has 170 valence electrons. The molecule has 0 radical (unpaired) electrons. The zero-order chi connectivity index (χ0) is 23.8. The van der Waals surface area contributed by atoms with Crippen molar-refractivity contribution in [3.8, 4) is 34.1 Å². The molecule has 3 aromatic carbocycles. The molecule has 0 N–H and O–H groups in total. The fraction of sp³-hybridized carbons (Fsp3) is 0.138. The normalized spacial score (nSPS) is 13.9. The van der Waals surface area contributed by atoms with Gasteiger partial charge in [-0.15, -0.1) is 0 Å². The van der Waals surface area contributed by atoms with Crippen molar-refractivity contribution in [2.45, 2.75) is 0 Å². The lowest BCUT2D eigenvalue weighted by Gasteiger charge is -2.17. The molecule has 2 aliphatic carbocycles. The van der Waals surface area contributed by atoms with Gasteiger partial charge in [-0.2, -0.15) is 0 Å². The number of methoxy groups -OCH3 is 4. The average molecular weight is 453 g/mol. The Morgan fingerprint density at radius 1 is 0.559 bits per heavy atom. The van der Waals surface area contributed by atoms with Crippen LogP contribution < -0.4 is 18.9 Å². The quantitative estimate of drug-likeness (QED) is 0.471. The van der Waals surface area contributed by atoms with E-state index in [9.17, 15) is 4.79 Å². The van der Waals surface area contributed by atoms with Gasteiger partial charge >= 0.3 is 0 Å². The molecule has 0 saturated carbocycles. The molecule has 5 rings (SSSR count). The number of hydrogen-bond acceptors (Lipinski definition) is 5. The molecule has 0 unspecified atom stereocenters. The van der Waals surface area contributed by atoms with Crippen LogP contribution in [0.25, 0.3) is 28.3 Å². The molecule has 5 heteroatoms. The van der Waals surface area contributed by atoms with Crippen LogP contribution in [0.1, 0.15) is 16.7 Å². The first kappa shape index (κ1) is 21.6. The Morgan fingerprint density at radius 2 is 1.15 bits per heavy atom. The van der Waals surface area contributed by atoms with Gasteiger partial charge in [0.1, 0.15) is 23.0 Å². The van der Waals surface area contributed by atoms with Crippen molar-refractivity contribution >= 4 is 23.0 Å². The third kappa shape index (κ3) is 3.46. The lowest BCUT2D eigenvalue weighted by atomic mass is 9.87. The zero-order valence-electron chi connectivity index (χ0n) is 19.5. The minimum atomic E-state index is -0.0271. The highest BCUT2D eigenvalue weighted by Crippen LogP contribution is 2.44. The van der Waals surface area contributed by atoms with Gasteiger partial charge in [-0.05, 0) is 64.7 Å². The Morgan fingerprint density at radius 3 is 1.79 bits per heavy atom. The predicted octanol–water partition coefficient (Wildman–Crippen LogP) is 5.83. The molecule has 0 aliphatic heterocycles. The van der Waals surface area contributed by atoms with Crippen LogP contribution in [0.15, 0.2) is 72.3 Å². The first-order valence-corrected chi connectivity index (χ1v) is 10.9. The Labute approximate surface area is 198 Å². The summed E-state index contributed by atoms with van der Waals surface area (Å²) in [6.45, 7) is 0. The number of carbonyl (C=O) groups is 1. The number of rotatable bonds is 6. The number of ether oxygens (including phenoxy) is 4. The molecule has 0 amide bonds. The summed E-state index contributed by atoms with van der Waals surface area (Å²) in [5.41, 5.74) is 6.96. The molecular formula is C29H24O5. The van der Waals surface area contributed by atoms with Crippen molar-refractivity contribution in [2.75, 3.05) is 28.4 Å². The summed E-state index contributed by atoms with van der Waals surface area (Å²) in [6.07, 6.45) is 5.84. The van der Waals surface area contributed by atoms with Gasteiger partial charge in [0.2, 0.25) is 0 Å². The second kappa shape index (κ2) is 8.60.